The van der Waals surface area contributed by atoms with Gasteiger partial charge in [0.2, 0.25) is 0 Å². The molecule has 1 aromatic rings. The highest BCUT2D eigenvalue weighted by Crippen LogP contribution is 2.24. The van der Waals surface area contributed by atoms with Crippen molar-refractivity contribution in [3.63, 3.8) is 0 Å². The van der Waals surface area contributed by atoms with Crippen molar-refractivity contribution in [1.82, 2.24) is 14.8 Å². The lowest BCUT2D eigenvalue weighted by Crippen LogP contribution is -2.46. The van der Waals surface area contributed by atoms with Crippen LogP contribution >= 0.6 is 15.9 Å². The third-order valence-corrected chi connectivity index (χ3v) is 3.91. The molecule has 104 valence electrons. The predicted molar refractivity (Wildman–Crippen MR) is 76.0 cm³/mol. The van der Waals surface area contributed by atoms with Crippen LogP contribution < -0.4 is 0 Å². The van der Waals surface area contributed by atoms with Crippen molar-refractivity contribution >= 4 is 21.9 Å². The lowest BCUT2D eigenvalue weighted by molar-refractivity contribution is -0.138. The fourth-order valence-electron chi connectivity index (χ4n) is 2.30. The summed E-state index contributed by atoms with van der Waals surface area (Å²) in [6.07, 6.45) is 1.82. The zero-order chi connectivity index (χ0) is 13.8. The molecule has 0 saturated carbocycles. The zero-order valence-corrected chi connectivity index (χ0v) is 12.5. The number of carboxylic acids is 1. The number of nitrogens with zero attached hydrogens (tertiary/aromatic N) is 3. The molecule has 2 rings (SSSR count). The Morgan fingerprint density at radius 3 is 2.63 bits per heavy atom. The molecule has 0 aromatic carbocycles. The molecule has 0 radical (unpaired) electrons. The van der Waals surface area contributed by atoms with E-state index in [1.165, 1.54) is 0 Å². The maximum atomic E-state index is 11.1. The molecule has 1 aromatic heterocycles. The van der Waals surface area contributed by atoms with Crippen LogP contribution in [-0.4, -0.2) is 59.1 Å². The number of hydrogen-bond acceptors (Lipinski definition) is 4. The minimum Gasteiger partial charge on any atom is -0.481 e. The highest BCUT2D eigenvalue weighted by Gasteiger charge is 2.26. The Morgan fingerprint density at radius 2 is 2.11 bits per heavy atom. The summed E-state index contributed by atoms with van der Waals surface area (Å²) >= 11 is 3.35. The highest BCUT2D eigenvalue weighted by molar-refractivity contribution is 9.10. The molecule has 1 fully saturated rings. The summed E-state index contributed by atoms with van der Waals surface area (Å²) < 4.78 is 0.906. The minimum atomic E-state index is -0.784. The molecule has 1 aliphatic rings. The number of likely N-dealkylation sites (N-methyl/N-ethyl adjacent to an activating group) is 1. The number of aliphatic carboxylic acids is 1. The molecule has 1 unspecified atom stereocenters. The highest BCUT2D eigenvalue weighted by atomic mass is 79.9. The topological polar surface area (TPSA) is 56.7 Å². The summed E-state index contributed by atoms with van der Waals surface area (Å²) in [5.41, 5.74) is 0.829. The van der Waals surface area contributed by atoms with Gasteiger partial charge in [0.05, 0.1) is 18.2 Å². The van der Waals surface area contributed by atoms with Crippen LogP contribution in [0.4, 0.5) is 0 Å². The fraction of sp³-hybridized carbons (Fsp3) is 0.538. The Kier molecular flexibility index (Phi) is 4.90. The lowest BCUT2D eigenvalue weighted by atomic mass is 10.1. The van der Waals surface area contributed by atoms with Crippen LogP contribution in [0.15, 0.2) is 22.8 Å². The molecule has 19 heavy (non-hydrogen) atoms. The van der Waals surface area contributed by atoms with Crippen LogP contribution in [0.5, 0.6) is 0 Å². The van der Waals surface area contributed by atoms with Crippen molar-refractivity contribution < 1.29 is 9.90 Å². The Morgan fingerprint density at radius 1 is 1.42 bits per heavy atom. The third kappa shape index (κ3) is 3.99. The van der Waals surface area contributed by atoms with E-state index in [0.717, 1.165) is 36.3 Å². The molecule has 1 N–H and O–H groups in total. The average Bonchev–Trinajstić information content (AvgIpc) is 2.38. The van der Waals surface area contributed by atoms with Crippen LogP contribution in [0.3, 0.4) is 0 Å². The summed E-state index contributed by atoms with van der Waals surface area (Å²) in [5, 5.41) is 9.11. The molecule has 5 nitrogen and oxygen atoms in total. The molecule has 0 spiro atoms. The van der Waals surface area contributed by atoms with Gasteiger partial charge in [0.25, 0.3) is 0 Å². The molecule has 1 saturated heterocycles. The number of aromatic nitrogens is 1. The van der Waals surface area contributed by atoms with Gasteiger partial charge in [-0.3, -0.25) is 14.7 Å². The number of pyridine rings is 1. The maximum absolute atomic E-state index is 11.1. The first-order valence-electron chi connectivity index (χ1n) is 6.32. The maximum Gasteiger partial charge on any atom is 0.305 e. The van der Waals surface area contributed by atoms with E-state index >= 15 is 0 Å². The van der Waals surface area contributed by atoms with Gasteiger partial charge in [0.1, 0.15) is 0 Å². The van der Waals surface area contributed by atoms with Crippen LogP contribution in [0.1, 0.15) is 18.2 Å². The van der Waals surface area contributed by atoms with Gasteiger partial charge in [-0.15, -0.1) is 0 Å². The second kappa shape index (κ2) is 6.45. The van der Waals surface area contributed by atoms with Crippen molar-refractivity contribution in [2.24, 2.45) is 0 Å². The van der Waals surface area contributed by atoms with E-state index in [1.807, 2.05) is 12.1 Å². The van der Waals surface area contributed by atoms with Crippen molar-refractivity contribution in [3.05, 3.63) is 28.5 Å². The Bertz CT molecular complexity index is 430. The molecular formula is C13H18BrN3O2. The Balaban J connectivity index is 2.15. The Hall–Kier alpha value is -0.980. The van der Waals surface area contributed by atoms with Crippen molar-refractivity contribution in [2.45, 2.75) is 12.5 Å². The third-order valence-electron chi connectivity index (χ3n) is 3.44. The molecule has 0 bridgehead atoms. The van der Waals surface area contributed by atoms with Gasteiger partial charge < -0.3 is 10.0 Å². The molecule has 6 heteroatoms. The van der Waals surface area contributed by atoms with E-state index in [0.29, 0.717) is 0 Å². The lowest BCUT2D eigenvalue weighted by Gasteiger charge is -2.37. The van der Waals surface area contributed by atoms with E-state index in [1.54, 1.807) is 6.20 Å². The largest absolute Gasteiger partial charge is 0.481 e. The molecule has 2 heterocycles. The van der Waals surface area contributed by atoms with Gasteiger partial charge in [0, 0.05) is 36.8 Å². The van der Waals surface area contributed by atoms with Gasteiger partial charge in [-0.05, 0) is 35.1 Å². The second-order valence-corrected chi connectivity index (χ2v) is 5.77. The van der Waals surface area contributed by atoms with Gasteiger partial charge in [-0.1, -0.05) is 0 Å². The van der Waals surface area contributed by atoms with Crippen molar-refractivity contribution in [2.75, 3.05) is 33.2 Å². The molecule has 1 atom stereocenters. The summed E-state index contributed by atoms with van der Waals surface area (Å²) in [4.78, 5) is 19.9. The predicted octanol–water partition coefficient (Wildman–Crippen LogP) is 1.61. The fourth-order valence-corrected chi connectivity index (χ4v) is 2.54. The minimum absolute atomic E-state index is 0.0956. The number of piperazine rings is 1. The van der Waals surface area contributed by atoms with Crippen molar-refractivity contribution in [1.29, 1.82) is 0 Å². The van der Waals surface area contributed by atoms with Gasteiger partial charge in [0.15, 0.2) is 0 Å². The van der Waals surface area contributed by atoms with E-state index in [2.05, 4.69) is 37.8 Å². The van der Waals surface area contributed by atoms with E-state index < -0.39 is 5.97 Å². The smallest absolute Gasteiger partial charge is 0.305 e. The van der Waals surface area contributed by atoms with Gasteiger partial charge in [-0.25, -0.2) is 0 Å². The number of carboxylic acid groups (broad SMARTS) is 1. The van der Waals surface area contributed by atoms with E-state index in [4.69, 9.17) is 5.11 Å². The summed E-state index contributed by atoms with van der Waals surface area (Å²) in [6, 6.07) is 3.67. The van der Waals surface area contributed by atoms with Crippen LogP contribution in [0.25, 0.3) is 0 Å². The number of carbonyl (C=O) groups is 1. The SMILES string of the molecule is CN1CCN(C(CC(=O)O)c2ccc(Br)cn2)CC1. The molecular weight excluding hydrogens is 310 g/mol. The standard InChI is InChI=1S/C13H18BrN3O2/c1-16-4-6-17(7-5-16)12(8-13(18)19)11-3-2-10(14)9-15-11/h2-3,9,12H,4-8H2,1H3,(H,18,19). The number of hydrogen-bond donors (Lipinski definition) is 1. The number of halogens is 1. The molecule has 0 aliphatic carbocycles. The van der Waals surface area contributed by atoms with Gasteiger partial charge in [-0.2, -0.15) is 0 Å². The number of rotatable bonds is 4. The summed E-state index contributed by atoms with van der Waals surface area (Å²) in [5.74, 6) is -0.784. The first kappa shape index (κ1) is 14.4. The Labute approximate surface area is 121 Å². The van der Waals surface area contributed by atoms with Gasteiger partial charge >= 0.3 is 5.97 Å². The molecule has 1 aliphatic heterocycles. The summed E-state index contributed by atoms with van der Waals surface area (Å²) in [6.45, 7) is 3.69. The average molecular weight is 328 g/mol. The summed E-state index contributed by atoms with van der Waals surface area (Å²) in [7, 11) is 2.08. The van der Waals surface area contributed by atoms with Crippen molar-refractivity contribution in [3.8, 4) is 0 Å². The second-order valence-electron chi connectivity index (χ2n) is 4.85. The van der Waals surface area contributed by atoms with E-state index in [9.17, 15) is 4.79 Å². The van der Waals surface area contributed by atoms with Crippen LogP contribution in [0, 0.1) is 0 Å². The van der Waals surface area contributed by atoms with E-state index in [-0.39, 0.29) is 12.5 Å². The van der Waals surface area contributed by atoms with Crippen LogP contribution in [-0.2, 0) is 4.79 Å². The quantitative estimate of drug-likeness (QED) is 0.910. The first-order chi connectivity index (χ1) is 9.06. The molecule has 0 amide bonds. The zero-order valence-electron chi connectivity index (χ0n) is 10.9. The first-order valence-corrected chi connectivity index (χ1v) is 7.11. The normalized spacial score (nSPS) is 19.3. The van der Waals surface area contributed by atoms with Crippen LogP contribution in [0.2, 0.25) is 0 Å². The monoisotopic (exact) mass is 327 g/mol.